The number of pyridine rings is 5. The molecule has 3 saturated heterocycles. The number of nitrogens with one attached hydrogen (secondary N) is 2. The van der Waals surface area contributed by atoms with Gasteiger partial charge in [-0.05, 0) is 154 Å². The molecule has 2 saturated carbocycles. The van der Waals surface area contributed by atoms with Crippen molar-refractivity contribution < 1.29 is 18.9 Å². The highest BCUT2D eigenvalue weighted by atomic mass is 16.7. The van der Waals surface area contributed by atoms with Crippen molar-refractivity contribution in [1.82, 2.24) is 38.5 Å². The summed E-state index contributed by atoms with van der Waals surface area (Å²) in [5, 5.41) is 6.45. The molecule has 448 valence electrons. The van der Waals surface area contributed by atoms with Crippen molar-refractivity contribution in [3.05, 3.63) is 123 Å². The molecule has 2 aliphatic carbocycles. The zero-order valence-electron chi connectivity index (χ0n) is 51.3. The molecule has 0 radical (unpaired) electrons. The molecule has 2 N–H and O–H groups in total. The first-order valence-corrected chi connectivity index (χ1v) is 31.0. The maximum atomic E-state index is 13.8. The van der Waals surface area contributed by atoms with Gasteiger partial charge in [0, 0.05) is 137 Å². The Morgan fingerprint density at radius 1 is 0.624 bits per heavy atom. The average Bonchev–Trinajstić information content (AvgIpc) is 2.10. The van der Waals surface area contributed by atoms with Crippen LogP contribution in [-0.4, -0.2) is 138 Å². The second-order valence-corrected chi connectivity index (χ2v) is 26.1. The minimum atomic E-state index is -0.542. The van der Waals surface area contributed by atoms with E-state index in [1.54, 1.807) is 54.3 Å². The van der Waals surface area contributed by atoms with E-state index >= 15 is 0 Å². The average molecular weight is 1150 g/mol. The summed E-state index contributed by atoms with van der Waals surface area (Å²) in [6.07, 6.45) is 21.6. The first kappa shape index (κ1) is 58.3. The normalized spacial score (nSPS) is 23.3. The van der Waals surface area contributed by atoms with Crippen LogP contribution in [0.2, 0.25) is 0 Å². The smallest absolute Gasteiger partial charge is 0.399 e. The number of aromatic nitrogens is 6. The van der Waals surface area contributed by atoms with Crippen LogP contribution >= 0.6 is 0 Å². The molecule has 1 amide bonds. The molecule has 0 unspecified atom stereocenters. The molecule has 20 heteroatoms. The van der Waals surface area contributed by atoms with Crippen molar-refractivity contribution in [2.24, 2.45) is 14.1 Å². The summed E-state index contributed by atoms with van der Waals surface area (Å²) in [5.41, 5.74) is 7.09. The van der Waals surface area contributed by atoms with Crippen molar-refractivity contribution in [3.63, 3.8) is 0 Å². The fraction of sp³-hybridized carbons (Fsp3) is 0.523. The number of nitrogens with zero attached hydrogens (tertiary/aromatic N) is 11. The first-order chi connectivity index (χ1) is 40.7. The highest BCUT2D eigenvalue weighted by Crippen LogP contribution is 2.39. The number of rotatable bonds is 12. The summed E-state index contributed by atoms with van der Waals surface area (Å²) >= 11 is 0. The number of fused-ring (bicyclic) bond motifs is 3. The molecule has 4 atom stereocenters. The Bertz CT molecular complexity index is 3580. The Labute approximate surface area is 499 Å². The van der Waals surface area contributed by atoms with E-state index in [4.69, 9.17) is 14.3 Å². The molecule has 85 heavy (non-hydrogen) atoms. The van der Waals surface area contributed by atoms with Crippen LogP contribution in [0.3, 0.4) is 0 Å². The van der Waals surface area contributed by atoms with Gasteiger partial charge in [0.2, 0.25) is 0 Å². The molecule has 0 aromatic carbocycles. The molecule has 7 aliphatic rings. The van der Waals surface area contributed by atoms with E-state index in [2.05, 4.69) is 84.6 Å². The lowest BCUT2D eigenvalue weighted by Crippen LogP contribution is -2.60. The number of hydrogen-bond acceptors (Lipinski definition) is 15. The first-order valence-electron chi connectivity index (χ1n) is 31.0. The van der Waals surface area contributed by atoms with E-state index in [1.165, 1.54) is 48.8 Å². The van der Waals surface area contributed by atoms with Gasteiger partial charge < -0.3 is 43.4 Å². The number of aryl methyl sites for hydroxylation is 3. The molecule has 13 rings (SSSR count). The molecule has 11 heterocycles. The van der Waals surface area contributed by atoms with Crippen LogP contribution in [0.1, 0.15) is 139 Å². The maximum Gasteiger partial charge on any atom is 0.496 e. The summed E-state index contributed by atoms with van der Waals surface area (Å²) < 4.78 is 17.7. The van der Waals surface area contributed by atoms with Crippen LogP contribution in [0, 0.1) is 0 Å². The Morgan fingerprint density at radius 3 is 1.72 bits per heavy atom. The standard InChI is InChI=1S/C38H44N8O3.C27H40BN5O3/c1-24-21-46(25(2)20-45(24)27-8-6-9-27)29-10-11-35(40-19-29)41-33-17-26(22-42(3)38(33)49)30-12-14-39-36(32(30)23-47)44-16-13-34-31(37(44)48)18-28-7-4-5-15-43(28)34;1-18-16-33(19(2)15-32(18)21-9-8-10-21)22-11-12-24(29-14-22)30-23-13-20(17-31(7)25(23)34)28-35-26(3,4)27(5,6)36-28/h10-12,14,17-19,22-25,27H,4-9,13,15-16,20-21H2,1-3H3,(H,40,41);11-14,17-19,21H,8-10,15-16H2,1-7H3,(H,29,30)/t24-,25+;18-,19+/m11/s1. The lowest BCUT2D eigenvalue weighted by Gasteiger charge is -2.50. The van der Waals surface area contributed by atoms with Crippen molar-refractivity contribution in [2.45, 2.75) is 174 Å². The van der Waals surface area contributed by atoms with Gasteiger partial charge in [-0.15, -0.1) is 0 Å². The fourth-order valence-corrected chi connectivity index (χ4v) is 13.8. The summed E-state index contributed by atoms with van der Waals surface area (Å²) in [6, 6.07) is 18.7. The van der Waals surface area contributed by atoms with Crippen LogP contribution in [-0.2, 0) is 42.8 Å². The topological polar surface area (TPSA) is 180 Å². The van der Waals surface area contributed by atoms with E-state index in [0.717, 1.165) is 92.9 Å². The Kier molecular flexibility index (Phi) is 16.0. The van der Waals surface area contributed by atoms with E-state index in [9.17, 15) is 19.2 Å². The molecular weight excluding hydrogens is 1070 g/mol. The summed E-state index contributed by atoms with van der Waals surface area (Å²) in [4.78, 5) is 78.5. The van der Waals surface area contributed by atoms with E-state index in [1.807, 2.05) is 64.4 Å². The summed E-state index contributed by atoms with van der Waals surface area (Å²) in [5.74, 6) is 1.40. The molecule has 19 nitrogen and oxygen atoms in total. The zero-order valence-corrected chi connectivity index (χ0v) is 51.3. The molecule has 5 aliphatic heterocycles. The number of aldehydes is 1. The summed E-state index contributed by atoms with van der Waals surface area (Å²) in [6.45, 7) is 22.8. The number of hydrogen-bond donors (Lipinski definition) is 2. The van der Waals surface area contributed by atoms with Crippen LogP contribution in [0.25, 0.3) is 11.1 Å². The van der Waals surface area contributed by atoms with Crippen molar-refractivity contribution in [1.29, 1.82) is 0 Å². The van der Waals surface area contributed by atoms with Crippen LogP contribution in [0.4, 0.5) is 40.2 Å². The van der Waals surface area contributed by atoms with Gasteiger partial charge in [0.1, 0.15) is 28.8 Å². The predicted molar refractivity (Wildman–Crippen MR) is 337 cm³/mol. The second-order valence-electron chi connectivity index (χ2n) is 26.1. The minimum Gasteiger partial charge on any atom is -0.399 e. The third-order valence-electron chi connectivity index (χ3n) is 19.8. The van der Waals surface area contributed by atoms with E-state index < -0.39 is 18.3 Å². The molecule has 5 fully saturated rings. The largest absolute Gasteiger partial charge is 0.496 e. The second kappa shape index (κ2) is 23.3. The van der Waals surface area contributed by atoms with Crippen LogP contribution < -0.4 is 41.9 Å². The highest BCUT2D eigenvalue weighted by Gasteiger charge is 2.52. The number of carbonyl (C=O) groups excluding carboxylic acids is 2. The lowest BCUT2D eigenvalue weighted by atomic mass is 9.80. The van der Waals surface area contributed by atoms with E-state index in [-0.39, 0.29) is 17.0 Å². The fourth-order valence-electron chi connectivity index (χ4n) is 13.8. The highest BCUT2D eigenvalue weighted by molar-refractivity contribution is 6.62. The monoisotopic (exact) mass is 1150 g/mol. The predicted octanol–water partition coefficient (Wildman–Crippen LogP) is 8.47. The molecular formula is C65H84BN13O6. The third-order valence-corrected chi connectivity index (χ3v) is 19.8. The quantitative estimate of drug-likeness (QED) is 0.0880. The lowest BCUT2D eigenvalue weighted by molar-refractivity contribution is 0.00578. The van der Waals surface area contributed by atoms with Crippen molar-refractivity contribution in [2.75, 3.05) is 58.1 Å². The van der Waals surface area contributed by atoms with Crippen LogP contribution in [0.5, 0.6) is 0 Å². The van der Waals surface area contributed by atoms with Gasteiger partial charge in [0.05, 0.1) is 46.1 Å². The molecule has 0 bridgehead atoms. The van der Waals surface area contributed by atoms with Gasteiger partial charge in [-0.1, -0.05) is 12.8 Å². The minimum absolute atomic E-state index is 0.127. The van der Waals surface area contributed by atoms with Gasteiger partial charge in [-0.25, -0.2) is 15.0 Å². The number of piperazine rings is 2. The SMILES string of the molecule is C[C@@H]1CN(c2ccc(Nc3cc(-c4ccnc(N5CCc6c(cc7n6CCCC7)C5=O)c4C=O)cn(C)c3=O)nc2)[C@@H](C)CN1C1CCC1.C[C@@H]1CN(c2ccc(Nc3cc(B4OC(C)(C)C(C)(C)O4)cn(C)c3=O)nc2)[C@@H](C)CN1C1CCC1. The number of anilines is 7. The number of amides is 1. The Balaban J connectivity index is 0.000000175. The number of carbonyl (C=O) groups is 2. The van der Waals surface area contributed by atoms with Crippen molar-refractivity contribution >= 4 is 65.0 Å². The zero-order chi connectivity index (χ0) is 59.6. The van der Waals surface area contributed by atoms with Gasteiger partial charge >= 0.3 is 7.12 Å². The van der Waals surface area contributed by atoms with Gasteiger partial charge in [0.15, 0.2) is 6.29 Å². The third kappa shape index (κ3) is 11.2. The van der Waals surface area contributed by atoms with E-state index in [0.29, 0.717) is 88.2 Å². The van der Waals surface area contributed by atoms with Crippen LogP contribution in [0.15, 0.2) is 89.1 Å². The van der Waals surface area contributed by atoms with Crippen molar-refractivity contribution in [3.8, 4) is 11.1 Å². The van der Waals surface area contributed by atoms with Gasteiger partial charge in [-0.3, -0.25) is 33.9 Å². The Hall–Kier alpha value is -7.13. The molecule has 0 spiro atoms. The molecule has 6 aromatic heterocycles. The molecule has 6 aromatic rings. The van der Waals surface area contributed by atoms with Gasteiger partial charge in [-0.2, -0.15) is 0 Å². The Morgan fingerprint density at radius 2 is 1.19 bits per heavy atom. The maximum absolute atomic E-state index is 13.8. The summed E-state index contributed by atoms with van der Waals surface area (Å²) in [7, 11) is 2.89. The van der Waals surface area contributed by atoms with Gasteiger partial charge in [0.25, 0.3) is 17.0 Å².